The zero-order valence-corrected chi connectivity index (χ0v) is 14.9. The zero-order chi connectivity index (χ0) is 16.3. The van der Waals surface area contributed by atoms with E-state index >= 15 is 0 Å². The Balaban J connectivity index is 3.17. The molecule has 0 radical (unpaired) electrons. The normalized spacial score (nSPS) is 12.7. The fourth-order valence-electron chi connectivity index (χ4n) is 2.46. The lowest BCUT2D eigenvalue weighted by molar-refractivity contribution is 0.452. The van der Waals surface area contributed by atoms with Crippen molar-refractivity contribution in [2.24, 2.45) is 0 Å². The van der Waals surface area contributed by atoms with Gasteiger partial charge in [-0.25, -0.2) is 0 Å². The maximum atomic E-state index is 10.5. The average Bonchev–Trinajstić information content (AvgIpc) is 2.33. The lowest BCUT2D eigenvalue weighted by Crippen LogP contribution is -2.22. The molecule has 0 aliphatic rings. The molecule has 2 heteroatoms. The summed E-state index contributed by atoms with van der Waals surface area (Å²) in [5.74, 6) is 0.427. The minimum absolute atomic E-state index is 0.0283. The molecule has 0 amide bonds. The largest absolute Gasteiger partial charge is 0.508 e. The van der Waals surface area contributed by atoms with Crippen LogP contribution in [0.2, 0.25) is 0 Å². The smallest absolute Gasteiger partial charge is 0.120 e. The molecular weight excluding hydrogens is 258 g/mol. The second-order valence-corrected chi connectivity index (χ2v) is 8.05. The SMILES string of the molecule is CCCCNCc1c(O)cc(C(C)(C)C)cc1C(C)(C)C. The standard InChI is InChI=1S/C19H33NO/c1-8-9-10-20-13-15-16(19(5,6)7)11-14(12-17(15)21)18(2,3)4/h11-12,20-21H,8-10,13H2,1-7H3. The van der Waals surface area contributed by atoms with Gasteiger partial charge in [-0.2, -0.15) is 0 Å². The molecule has 0 atom stereocenters. The van der Waals surface area contributed by atoms with Crippen molar-refractivity contribution in [1.29, 1.82) is 0 Å². The maximum Gasteiger partial charge on any atom is 0.120 e. The molecule has 2 nitrogen and oxygen atoms in total. The van der Waals surface area contributed by atoms with Crippen LogP contribution in [0.5, 0.6) is 5.75 Å². The van der Waals surface area contributed by atoms with E-state index in [1.54, 1.807) is 0 Å². The number of benzene rings is 1. The van der Waals surface area contributed by atoms with Gasteiger partial charge in [-0.3, -0.25) is 0 Å². The Morgan fingerprint density at radius 3 is 2.10 bits per heavy atom. The van der Waals surface area contributed by atoms with Gasteiger partial charge in [0.15, 0.2) is 0 Å². The minimum atomic E-state index is 0.0283. The van der Waals surface area contributed by atoms with Crippen molar-refractivity contribution in [3.8, 4) is 5.75 Å². The van der Waals surface area contributed by atoms with Gasteiger partial charge in [0.2, 0.25) is 0 Å². The maximum absolute atomic E-state index is 10.5. The highest BCUT2D eigenvalue weighted by Crippen LogP contribution is 2.36. The second kappa shape index (κ2) is 6.83. The van der Waals surface area contributed by atoms with Crippen LogP contribution in [0.25, 0.3) is 0 Å². The predicted octanol–water partition coefficient (Wildman–Crippen LogP) is 4.88. The molecule has 0 unspecified atom stereocenters. The van der Waals surface area contributed by atoms with Crippen LogP contribution >= 0.6 is 0 Å². The molecule has 1 aromatic carbocycles. The summed E-state index contributed by atoms with van der Waals surface area (Å²) in [6, 6.07) is 4.21. The molecule has 0 saturated heterocycles. The summed E-state index contributed by atoms with van der Waals surface area (Å²) in [6.45, 7) is 17.1. The van der Waals surface area contributed by atoms with Crippen molar-refractivity contribution in [3.63, 3.8) is 0 Å². The van der Waals surface area contributed by atoms with Gasteiger partial charge in [0, 0.05) is 12.1 Å². The third kappa shape index (κ3) is 5.03. The topological polar surface area (TPSA) is 32.3 Å². The summed E-state index contributed by atoms with van der Waals surface area (Å²) in [7, 11) is 0. The highest BCUT2D eigenvalue weighted by Gasteiger charge is 2.24. The van der Waals surface area contributed by atoms with Crippen LogP contribution in [0.3, 0.4) is 0 Å². The van der Waals surface area contributed by atoms with Crippen LogP contribution in [-0.4, -0.2) is 11.7 Å². The summed E-state index contributed by atoms with van der Waals surface area (Å²) in [4.78, 5) is 0. The van der Waals surface area contributed by atoms with Gasteiger partial charge in [0.1, 0.15) is 5.75 Å². The second-order valence-electron chi connectivity index (χ2n) is 8.05. The van der Waals surface area contributed by atoms with Gasteiger partial charge in [0.05, 0.1) is 0 Å². The van der Waals surface area contributed by atoms with Crippen molar-refractivity contribution in [1.82, 2.24) is 5.32 Å². The minimum Gasteiger partial charge on any atom is -0.508 e. The quantitative estimate of drug-likeness (QED) is 0.758. The van der Waals surface area contributed by atoms with E-state index in [9.17, 15) is 5.11 Å². The first-order chi connectivity index (χ1) is 9.57. The molecule has 0 saturated carbocycles. The van der Waals surface area contributed by atoms with Crippen molar-refractivity contribution in [2.75, 3.05) is 6.54 Å². The Hall–Kier alpha value is -1.02. The van der Waals surface area contributed by atoms with Gasteiger partial charge in [0.25, 0.3) is 0 Å². The Kier molecular flexibility index (Phi) is 5.86. The Morgan fingerprint density at radius 1 is 1.00 bits per heavy atom. The molecule has 0 heterocycles. The van der Waals surface area contributed by atoms with E-state index in [0.717, 1.165) is 18.7 Å². The van der Waals surface area contributed by atoms with E-state index in [2.05, 4.69) is 59.8 Å². The Morgan fingerprint density at radius 2 is 1.62 bits per heavy atom. The van der Waals surface area contributed by atoms with Gasteiger partial charge in [-0.1, -0.05) is 61.0 Å². The average molecular weight is 291 g/mol. The highest BCUT2D eigenvalue weighted by molar-refractivity contribution is 5.47. The molecule has 120 valence electrons. The van der Waals surface area contributed by atoms with Gasteiger partial charge >= 0.3 is 0 Å². The lowest BCUT2D eigenvalue weighted by Gasteiger charge is -2.28. The highest BCUT2D eigenvalue weighted by atomic mass is 16.3. The first-order valence-corrected chi connectivity index (χ1v) is 8.15. The summed E-state index contributed by atoms with van der Waals surface area (Å²) in [5, 5.41) is 14.0. The molecule has 0 spiro atoms. The molecule has 21 heavy (non-hydrogen) atoms. The number of phenolic OH excluding ortho intramolecular Hbond substituents is 1. The molecule has 0 fully saturated rings. The summed E-state index contributed by atoms with van der Waals surface area (Å²) in [6.07, 6.45) is 2.36. The van der Waals surface area contributed by atoms with Crippen LogP contribution in [-0.2, 0) is 17.4 Å². The number of hydrogen-bond acceptors (Lipinski definition) is 2. The third-order valence-corrected chi connectivity index (χ3v) is 3.91. The Labute approximate surface area is 131 Å². The van der Waals surface area contributed by atoms with E-state index in [1.165, 1.54) is 24.0 Å². The fraction of sp³-hybridized carbons (Fsp3) is 0.684. The molecule has 0 aromatic heterocycles. The van der Waals surface area contributed by atoms with Crippen LogP contribution in [0.4, 0.5) is 0 Å². The van der Waals surface area contributed by atoms with Crippen molar-refractivity contribution < 1.29 is 5.11 Å². The van der Waals surface area contributed by atoms with Crippen molar-refractivity contribution in [3.05, 3.63) is 28.8 Å². The number of phenols is 1. The van der Waals surface area contributed by atoms with Crippen LogP contribution in [0, 0.1) is 0 Å². The Bertz CT molecular complexity index is 464. The summed E-state index contributed by atoms with van der Waals surface area (Å²) < 4.78 is 0. The van der Waals surface area contributed by atoms with Gasteiger partial charge < -0.3 is 10.4 Å². The molecule has 0 bridgehead atoms. The summed E-state index contributed by atoms with van der Waals surface area (Å²) >= 11 is 0. The first-order valence-electron chi connectivity index (χ1n) is 8.15. The van der Waals surface area contributed by atoms with Gasteiger partial charge in [-0.05, 0) is 41.0 Å². The molecule has 2 N–H and O–H groups in total. The van der Waals surface area contributed by atoms with Crippen LogP contribution in [0.1, 0.15) is 78.0 Å². The van der Waals surface area contributed by atoms with E-state index < -0.39 is 0 Å². The molecule has 0 aliphatic heterocycles. The lowest BCUT2D eigenvalue weighted by atomic mass is 9.78. The number of rotatable bonds is 5. The first kappa shape index (κ1) is 18.0. The predicted molar refractivity (Wildman–Crippen MR) is 92.1 cm³/mol. The van der Waals surface area contributed by atoms with Crippen LogP contribution in [0.15, 0.2) is 12.1 Å². The van der Waals surface area contributed by atoms with Crippen LogP contribution < -0.4 is 5.32 Å². The zero-order valence-electron chi connectivity index (χ0n) is 14.9. The molecule has 0 aliphatic carbocycles. The fourth-order valence-corrected chi connectivity index (χ4v) is 2.46. The number of hydrogen-bond donors (Lipinski definition) is 2. The molecule has 1 rings (SSSR count). The monoisotopic (exact) mass is 291 g/mol. The van der Waals surface area contributed by atoms with Crippen molar-refractivity contribution >= 4 is 0 Å². The molecular formula is C19H33NO. The third-order valence-electron chi connectivity index (χ3n) is 3.91. The summed E-state index contributed by atoms with van der Waals surface area (Å²) in [5.41, 5.74) is 3.57. The number of aromatic hydroxyl groups is 1. The van der Waals surface area contributed by atoms with Crippen molar-refractivity contribution in [2.45, 2.75) is 78.7 Å². The number of nitrogens with one attached hydrogen (secondary N) is 1. The van der Waals surface area contributed by atoms with E-state index in [1.807, 2.05) is 6.07 Å². The van der Waals surface area contributed by atoms with E-state index in [0.29, 0.717) is 5.75 Å². The number of unbranched alkanes of at least 4 members (excludes halogenated alkanes) is 1. The van der Waals surface area contributed by atoms with E-state index in [-0.39, 0.29) is 10.8 Å². The van der Waals surface area contributed by atoms with E-state index in [4.69, 9.17) is 0 Å². The van der Waals surface area contributed by atoms with Gasteiger partial charge in [-0.15, -0.1) is 0 Å². The molecule has 1 aromatic rings.